The van der Waals surface area contributed by atoms with Gasteiger partial charge in [0.25, 0.3) is 0 Å². The molecule has 2 N–H and O–H groups in total. The number of thioether (sulfide) groups is 1. The van der Waals surface area contributed by atoms with Crippen LogP contribution in [-0.4, -0.2) is 50.9 Å². The first-order valence-corrected chi connectivity index (χ1v) is 8.60. The van der Waals surface area contributed by atoms with Gasteiger partial charge in [0, 0.05) is 30.7 Å². The minimum atomic E-state index is -0.0547. The van der Waals surface area contributed by atoms with Gasteiger partial charge in [-0.1, -0.05) is 13.8 Å². The first kappa shape index (κ1) is 22.9. The Kier molecular flexibility index (Phi) is 10.2. The SMILES string of the molecule is COc1ccc(SCCC(=O)N(C)CC(C)(C)CN)cc1OC.Cl. The number of carbonyl (C=O) groups is 1. The van der Waals surface area contributed by atoms with Crippen LogP contribution in [-0.2, 0) is 4.79 Å². The molecule has 1 aromatic carbocycles. The van der Waals surface area contributed by atoms with E-state index >= 15 is 0 Å². The summed E-state index contributed by atoms with van der Waals surface area (Å²) in [5, 5.41) is 0. The van der Waals surface area contributed by atoms with Crippen molar-refractivity contribution in [3.63, 3.8) is 0 Å². The first-order valence-electron chi connectivity index (χ1n) is 7.62. The van der Waals surface area contributed by atoms with Crippen molar-refractivity contribution >= 4 is 30.1 Å². The Morgan fingerprint density at radius 2 is 1.88 bits per heavy atom. The van der Waals surface area contributed by atoms with Gasteiger partial charge in [0.2, 0.25) is 5.91 Å². The summed E-state index contributed by atoms with van der Waals surface area (Å²) in [5.74, 6) is 2.27. The molecular formula is C17H29ClN2O3S. The second-order valence-corrected chi connectivity index (χ2v) is 7.40. The van der Waals surface area contributed by atoms with E-state index in [0.29, 0.717) is 31.0 Å². The molecule has 0 spiro atoms. The van der Waals surface area contributed by atoms with Crippen molar-refractivity contribution in [2.45, 2.75) is 25.2 Å². The second-order valence-electron chi connectivity index (χ2n) is 6.23. The zero-order valence-electron chi connectivity index (χ0n) is 15.1. The van der Waals surface area contributed by atoms with Crippen LogP contribution in [0.3, 0.4) is 0 Å². The number of carbonyl (C=O) groups excluding carboxylic acids is 1. The molecule has 0 atom stereocenters. The fraction of sp³-hybridized carbons (Fsp3) is 0.588. The highest BCUT2D eigenvalue weighted by molar-refractivity contribution is 7.99. The highest BCUT2D eigenvalue weighted by Crippen LogP contribution is 2.32. The summed E-state index contributed by atoms with van der Waals surface area (Å²) >= 11 is 1.63. The number of hydrogen-bond donors (Lipinski definition) is 1. The third-order valence-electron chi connectivity index (χ3n) is 3.58. The van der Waals surface area contributed by atoms with Gasteiger partial charge in [0.15, 0.2) is 11.5 Å². The molecule has 0 unspecified atom stereocenters. The average molecular weight is 377 g/mol. The molecule has 138 valence electrons. The third-order valence-corrected chi connectivity index (χ3v) is 4.58. The van der Waals surface area contributed by atoms with Gasteiger partial charge in [-0.25, -0.2) is 0 Å². The largest absolute Gasteiger partial charge is 0.493 e. The Labute approximate surface area is 155 Å². The van der Waals surface area contributed by atoms with E-state index in [9.17, 15) is 4.79 Å². The number of benzene rings is 1. The van der Waals surface area contributed by atoms with Crippen molar-refractivity contribution < 1.29 is 14.3 Å². The van der Waals surface area contributed by atoms with E-state index in [0.717, 1.165) is 10.6 Å². The average Bonchev–Trinajstić information content (AvgIpc) is 2.54. The van der Waals surface area contributed by atoms with Crippen LogP contribution in [0.2, 0.25) is 0 Å². The predicted octanol–water partition coefficient (Wildman–Crippen LogP) is 3.05. The first-order chi connectivity index (χ1) is 10.8. The maximum atomic E-state index is 12.2. The molecule has 24 heavy (non-hydrogen) atoms. The fourth-order valence-corrected chi connectivity index (χ4v) is 3.02. The van der Waals surface area contributed by atoms with Gasteiger partial charge >= 0.3 is 0 Å². The molecule has 5 nitrogen and oxygen atoms in total. The van der Waals surface area contributed by atoms with Crippen LogP contribution >= 0.6 is 24.2 Å². The Balaban J connectivity index is 0.00000529. The maximum Gasteiger partial charge on any atom is 0.223 e. The molecule has 0 radical (unpaired) electrons. The Bertz CT molecular complexity index is 527. The molecule has 1 aromatic rings. The highest BCUT2D eigenvalue weighted by atomic mass is 35.5. The van der Waals surface area contributed by atoms with Crippen LogP contribution in [0.4, 0.5) is 0 Å². The van der Waals surface area contributed by atoms with Crippen molar-refractivity contribution in [1.82, 2.24) is 4.90 Å². The van der Waals surface area contributed by atoms with E-state index in [1.165, 1.54) is 0 Å². The lowest BCUT2D eigenvalue weighted by Crippen LogP contribution is -2.39. The molecular weight excluding hydrogens is 348 g/mol. The Morgan fingerprint density at radius 3 is 2.42 bits per heavy atom. The van der Waals surface area contributed by atoms with Crippen molar-refractivity contribution in [2.75, 3.05) is 40.1 Å². The van der Waals surface area contributed by atoms with E-state index in [2.05, 4.69) is 13.8 Å². The molecule has 0 heterocycles. The lowest BCUT2D eigenvalue weighted by atomic mass is 9.93. The number of halogens is 1. The smallest absolute Gasteiger partial charge is 0.223 e. The van der Waals surface area contributed by atoms with Gasteiger partial charge in [-0.15, -0.1) is 24.2 Å². The number of hydrogen-bond acceptors (Lipinski definition) is 5. The standard InChI is InChI=1S/C17H28N2O3S.ClH/c1-17(2,11-18)12-19(3)16(20)8-9-23-13-6-7-14(21-4)15(10-13)22-5;/h6-7,10H,8-9,11-12,18H2,1-5H3;1H. The Morgan fingerprint density at radius 1 is 1.25 bits per heavy atom. The van der Waals surface area contributed by atoms with Gasteiger partial charge in [0.1, 0.15) is 0 Å². The van der Waals surface area contributed by atoms with Crippen LogP contribution in [0.25, 0.3) is 0 Å². The molecule has 1 rings (SSSR count). The van der Waals surface area contributed by atoms with Crippen LogP contribution in [0.5, 0.6) is 11.5 Å². The number of ether oxygens (including phenoxy) is 2. The number of amides is 1. The summed E-state index contributed by atoms with van der Waals surface area (Å²) in [4.78, 5) is 15.0. The Hall–Kier alpha value is -1.11. The van der Waals surface area contributed by atoms with Gasteiger partial charge in [-0.2, -0.15) is 0 Å². The number of methoxy groups -OCH3 is 2. The van der Waals surface area contributed by atoms with Crippen LogP contribution in [0.15, 0.2) is 23.1 Å². The zero-order valence-corrected chi connectivity index (χ0v) is 16.8. The number of nitrogens with two attached hydrogens (primary N) is 1. The summed E-state index contributed by atoms with van der Waals surface area (Å²) in [5.41, 5.74) is 5.66. The van der Waals surface area contributed by atoms with Gasteiger partial charge in [-0.3, -0.25) is 4.79 Å². The number of rotatable bonds is 9. The fourth-order valence-electron chi connectivity index (χ4n) is 2.15. The molecule has 0 saturated carbocycles. The topological polar surface area (TPSA) is 64.8 Å². The van der Waals surface area contributed by atoms with Gasteiger partial charge in [-0.05, 0) is 30.2 Å². The second kappa shape index (κ2) is 10.7. The van der Waals surface area contributed by atoms with Crippen molar-refractivity contribution in [3.8, 4) is 11.5 Å². The molecule has 0 fully saturated rings. The number of nitrogens with zero attached hydrogens (tertiary/aromatic N) is 1. The molecule has 0 bridgehead atoms. The lowest BCUT2D eigenvalue weighted by Gasteiger charge is -2.29. The minimum absolute atomic E-state index is 0. The van der Waals surface area contributed by atoms with Gasteiger partial charge in [0.05, 0.1) is 14.2 Å². The van der Waals surface area contributed by atoms with Gasteiger partial charge < -0.3 is 20.1 Å². The highest BCUT2D eigenvalue weighted by Gasteiger charge is 2.20. The maximum absolute atomic E-state index is 12.2. The normalized spacial score (nSPS) is 10.8. The monoisotopic (exact) mass is 376 g/mol. The molecule has 1 amide bonds. The molecule has 0 aromatic heterocycles. The van der Waals surface area contributed by atoms with Crippen LogP contribution < -0.4 is 15.2 Å². The minimum Gasteiger partial charge on any atom is -0.493 e. The van der Waals surface area contributed by atoms with Crippen LogP contribution in [0.1, 0.15) is 20.3 Å². The molecule has 0 aliphatic heterocycles. The van der Waals surface area contributed by atoms with E-state index in [1.807, 2.05) is 25.2 Å². The summed E-state index contributed by atoms with van der Waals surface area (Å²) in [6.07, 6.45) is 0.496. The third kappa shape index (κ3) is 7.20. The van der Waals surface area contributed by atoms with Crippen molar-refractivity contribution in [3.05, 3.63) is 18.2 Å². The zero-order chi connectivity index (χ0) is 17.5. The summed E-state index contributed by atoms with van der Waals surface area (Å²) in [6.45, 7) is 5.36. The quantitative estimate of drug-likeness (QED) is 0.671. The van der Waals surface area contributed by atoms with E-state index in [-0.39, 0.29) is 23.7 Å². The summed E-state index contributed by atoms with van der Waals surface area (Å²) in [6, 6.07) is 5.77. The lowest BCUT2D eigenvalue weighted by molar-refractivity contribution is -0.130. The van der Waals surface area contributed by atoms with Crippen molar-refractivity contribution in [2.24, 2.45) is 11.1 Å². The molecule has 0 saturated heterocycles. The molecule has 0 aliphatic rings. The molecule has 0 aliphatic carbocycles. The molecule has 7 heteroatoms. The van der Waals surface area contributed by atoms with E-state index in [4.69, 9.17) is 15.2 Å². The van der Waals surface area contributed by atoms with Crippen LogP contribution in [0, 0.1) is 5.41 Å². The van der Waals surface area contributed by atoms with E-state index in [1.54, 1.807) is 30.9 Å². The predicted molar refractivity (Wildman–Crippen MR) is 103 cm³/mol. The summed E-state index contributed by atoms with van der Waals surface area (Å²) in [7, 11) is 5.06. The van der Waals surface area contributed by atoms with Crippen molar-refractivity contribution in [1.29, 1.82) is 0 Å². The van der Waals surface area contributed by atoms with E-state index < -0.39 is 0 Å². The summed E-state index contributed by atoms with van der Waals surface area (Å²) < 4.78 is 10.5.